The van der Waals surface area contributed by atoms with Gasteiger partial charge < -0.3 is 0 Å². The summed E-state index contributed by atoms with van der Waals surface area (Å²) < 4.78 is 0. The Kier molecular flexibility index (Phi) is 0.586. The first-order valence-corrected chi connectivity index (χ1v) is 3.21. The van der Waals surface area contributed by atoms with Gasteiger partial charge in [0.2, 0.25) is 0 Å². The summed E-state index contributed by atoms with van der Waals surface area (Å²) in [4.78, 5) is 0. The fourth-order valence-electron chi connectivity index (χ4n) is 1.92. The standard InChI is InChI=1S/C7H11/c1-5-2-6-3-7(5)4-6/h5-6H,2-4H2,1H3. The Morgan fingerprint density at radius 1 is 1.43 bits per heavy atom. The van der Waals surface area contributed by atoms with E-state index in [0.717, 1.165) is 11.8 Å². The van der Waals surface area contributed by atoms with Crippen LogP contribution in [0.5, 0.6) is 0 Å². The van der Waals surface area contributed by atoms with Crippen LogP contribution in [0.1, 0.15) is 26.2 Å². The fourth-order valence-corrected chi connectivity index (χ4v) is 1.92. The van der Waals surface area contributed by atoms with Crippen molar-refractivity contribution in [2.24, 2.45) is 11.8 Å². The molecule has 7 heavy (non-hydrogen) atoms. The maximum absolute atomic E-state index is 2.36. The van der Waals surface area contributed by atoms with Gasteiger partial charge in [-0.25, -0.2) is 0 Å². The highest BCUT2D eigenvalue weighted by molar-refractivity contribution is 5.14. The molecule has 1 unspecified atom stereocenters. The minimum absolute atomic E-state index is 1.00. The first kappa shape index (κ1) is 3.94. The zero-order chi connectivity index (χ0) is 4.85. The van der Waals surface area contributed by atoms with Crippen molar-refractivity contribution < 1.29 is 0 Å². The van der Waals surface area contributed by atoms with Crippen molar-refractivity contribution in [3.63, 3.8) is 0 Å². The Morgan fingerprint density at radius 3 is 2.29 bits per heavy atom. The van der Waals surface area contributed by atoms with Crippen molar-refractivity contribution in [2.45, 2.75) is 26.2 Å². The van der Waals surface area contributed by atoms with Gasteiger partial charge in [0.05, 0.1) is 0 Å². The molecule has 0 aliphatic heterocycles. The van der Waals surface area contributed by atoms with Crippen LogP contribution in [-0.4, -0.2) is 0 Å². The zero-order valence-corrected chi connectivity index (χ0v) is 4.78. The average Bonchev–Trinajstić information content (AvgIpc) is 1.85. The molecule has 3 aliphatic rings. The fraction of sp³-hybridized carbons (Fsp3) is 0.857. The topological polar surface area (TPSA) is 0 Å². The van der Waals surface area contributed by atoms with E-state index >= 15 is 0 Å². The molecule has 3 saturated carbocycles. The molecule has 0 aromatic rings. The molecule has 1 atom stereocenters. The maximum atomic E-state index is 2.36. The monoisotopic (exact) mass is 95.1 g/mol. The second-order valence-electron chi connectivity index (χ2n) is 3.07. The lowest BCUT2D eigenvalue weighted by Gasteiger charge is -2.22. The Morgan fingerprint density at radius 2 is 2.14 bits per heavy atom. The van der Waals surface area contributed by atoms with Gasteiger partial charge in [0.25, 0.3) is 0 Å². The number of fused-ring (bicyclic) bond motifs is 1. The van der Waals surface area contributed by atoms with Crippen LogP contribution in [-0.2, 0) is 0 Å². The van der Waals surface area contributed by atoms with Crippen molar-refractivity contribution in [2.75, 3.05) is 0 Å². The molecule has 1 radical (unpaired) electrons. The van der Waals surface area contributed by atoms with Crippen LogP contribution in [0.25, 0.3) is 0 Å². The van der Waals surface area contributed by atoms with Gasteiger partial charge in [0.1, 0.15) is 0 Å². The summed E-state index contributed by atoms with van der Waals surface area (Å²) in [5.74, 6) is 3.99. The highest BCUT2D eigenvalue weighted by Gasteiger charge is 2.41. The van der Waals surface area contributed by atoms with Crippen molar-refractivity contribution in [1.29, 1.82) is 0 Å². The van der Waals surface area contributed by atoms with E-state index in [1.54, 1.807) is 0 Å². The first-order chi connectivity index (χ1) is 3.36. The molecule has 3 aliphatic carbocycles. The van der Waals surface area contributed by atoms with Crippen LogP contribution in [0.2, 0.25) is 0 Å². The van der Waals surface area contributed by atoms with Crippen molar-refractivity contribution in [1.82, 2.24) is 0 Å². The third-order valence-electron chi connectivity index (χ3n) is 2.49. The molecule has 0 heterocycles. The molecule has 0 saturated heterocycles. The average molecular weight is 95.2 g/mol. The summed E-state index contributed by atoms with van der Waals surface area (Å²) in [6.07, 6.45) is 4.48. The molecule has 0 amide bonds. The molecular weight excluding hydrogens is 84.1 g/mol. The van der Waals surface area contributed by atoms with Crippen LogP contribution < -0.4 is 0 Å². The van der Waals surface area contributed by atoms with Gasteiger partial charge in [-0.15, -0.1) is 0 Å². The van der Waals surface area contributed by atoms with Gasteiger partial charge >= 0.3 is 0 Å². The van der Waals surface area contributed by atoms with Crippen molar-refractivity contribution in [3.05, 3.63) is 5.92 Å². The van der Waals surface area contributed by atoms with Gasteiger partial charge in [0, 0.05) is 0 Å². The number of hydrogen-bond donors (Lipinski definition) is 0. The Hall–Kier alpha value is 0. The summed E-state index contributed by atoms with van der Waals surface area (Å²) in [5.41, 5.74) is 0. The molecule has 0 heteroatoms. The molecule has 0 spiro atoms. The Balaban J connectivity index is 2.13. The summed E-state index contributed by atoms with van der Waals surface area (Å²) in [7, 11) is 0. The van der Waals surface area contributed by atoms with E-state index in [0.29, 0.717) is 0 Å². The molecule has 39 valence electrons. The van der Waals surface area contributed by atoms with E-state index in [-0.39, 0.29) is 0 Å². The van der Waals surface area contributed by atoms with Crippen molar-refractivity contribution >= 4 is 0 Å². The van der Waals surface area contributed by atoms with Gasteiger partial charge in [-0.2, -0.15) is 0 Å². The smallest absolute Gasteiger partial charge is 0.0207 e. The van der Waals surface area contributed by atoms with Crippen LogP contribution in [0.15, 0.2) is 0 Å². The molecule has 0 N–H and O–H groups in total. The highest BCUT2D eigenvalue weighted by Crippen LogP contribution is 2.53. The normalized spacial score (nSPS) is 49.3. The lowest BCUT2D eigenvalue weighted by atomic mass is 9.83. The quantitative estimate of drug-likeness (QED) is 0.431. The van der Waals surface area contributed by atoms with E-state index in [2.05, 4.69) is 6.92 Å². The van der Waals surface area contributed by atoms with Crippen molar-refractivity contribution in [3.8, 4) is 0 Å². The third kappa shape index (κ3) is 0.375. The largest absolute Gasteiger partial charge is 0.0619 e. The van der Waals surface area contributed by atoms with Crippen LogP contribution in [0.3, 0.4) is 0 Å². The van der Waals surface area contributed by atoms with E-state index in [1.165, 1.54) is 19.3 Å². The van der Waals surface area contributed by atoms with Gasteiger partial charge in [-0.05, 0) is 37.0 Å². The van der Waals surface area contributed by atoms with E-state index in [4.69, 9.17) is 0 Å². The third-order valence-corrected chi connectivity index (χ3v) is 2.49. The molecule has 3 fully saturated rings. The molecule has 2 bridgehead atoms. The maximum Gasteiger partial charge on any atom is -0.0207 e. The van der Waals surface area contributed by atoms with E-state index in [9.17, 15) is 0 Å². The first-order valence-electron chi connectivity index (χ1n) is 3.21. The van der Waals surface area contributed by atoms with E-state index in [1.807, 2.05) is 5.92 Å². The van der Waals surface area contributed by atoms with E-state index < -0.39 is 0 Å². The zero-order valence-electron chi connectivity index (χ0n) is 4.78. The predicted molar refractivity (Wildman–Crippen MR) is 29.7 cm³/mol. The summed E-state index contributed by atoms with van der Waals surface area (Å²) in [5, 5.41) is 0. The lowest BCUT2D eigenvalue weighted by Crippen LogP contribution is -2.10. The number of rotatable bonds is 0. The predicted octanol–water partition coefficient (Wildman–Crippen LogP) is 2.01. The summed E-state index contributed by atoms with van der Waals surface area (Å²) in [6.45, 7) is 2.36. The van der Waals surface area contributed by atoms with Crippen LogP contribution in [0, 0.1) is 17.8 Å². The highest BCUT2D eigenvalue weighted by atomic mass is 14.5. The molecule has 0 aromatic heterocycles. The summed E-state index contributed by atoms with van der Waals surface area (Å²) in [6, 6.07) is 0. The molecule has 0 nitrogen and oxygen atoms in total. The SMILES string of the molecule is CC1CC2C[C]1C2. The minimum Gasteiger partial charge on any atom is -0.0619 e. The summed E-state index contributed by atoms with van der Waals surface area (Å²) >= 11 is 0. The second-order valence-corrected chi connectivity index (χ2v) is 3.07. The van der Waals surface area contributed by atoms with Crippen LogP contribution in [0.4, 0.5) is 0 Å². The lowest BCUT2D eigenvalue weighted by molar-refractivity contribution is 0.449. The Bertz CT molecular complexity index is 80.0. The molecule has 3 rings (SSSR count). The van der Waals surface area contributed by atoms with Gasteiger partial charge in [-0.3, -0.25) is 0 Å². The Labute approximate surface area is 44.9 Å². The van der Waals surface area contributed by atoms with Crippen LogP contribution >= 0.6 is 0 Å². The number of hydrogen-bond acceptors (Lipinski definition) is 0. The van der Waals surface area contributed by atoms with Gasteiger partial charge in [0.15, 0.2) is 0 Å². The molecule has 0 aromatic carbocycles. The van der Waals surface area contributed by atoms with Gasteiger partial charge in [-0.1, -0.05) is 6.92 Å². The minimum atomic E-state index is 1.00. The second kappa shape index (κ2) is 1.04. The molecular formula is C7H11.